The van der Waals surface area contributed by atoms with Crippen LogP contribution in [0.2, 0.25) is 0 Å². The summed E-state index contributed by atoms with van der Waals surface area (Å²) in [6.07, 6.45) is 6.41. The van der Waals surface area contributed by atoms with Gasteiger partial charge in [-0.05, 0) is 86.6 Å². The highest BCUT2D eigenvalue weighted by atomic mass is 32.1. The fraction of sp³-hybridized carbons (Fsp3) is 0.391. The summed E-state index contributed by atoms with van der Waals surface area (Å²) >= 11 is 1.40. The van der Waals surface area contributed by atoms with Gasteiger partial charge >= 0.3 is 34.8 Å². The number of ether oxygens (including phenoxy) is 6. The molecule has 103 heavy (non-hydrogen) atoms. The summed E-state index contributed by atoms with van der Waals surface area (Å²) in [5.41, 5.74) is 10.2. The molecule has 3 aromatic heterocycles. The van der Waals surface area contributed by atoms with Crippen molar-refractivity contribution in [3.8, 4) is 39.3 Å². The SMILES string of the molecule is C=CCOCOC1C[C@H](n2cc(C#CCNC(=O)COC(COc3cccc(C(=O)CCCCCCCC(=O)CCCNC(=O)c4ccccc4-c4c(-c5nc6ccccc6s5)c(=O)oc5cc6c(cc45)CCCN6CC)c3)OCC=C)c(N)nc2=O)O[C@@H]1COP(=O)(O)OP(=O)(O)OP(=O)(O)O. The first-order valence-electron chi connectivity index (χ1n) is 33.0. The third-order valence-corrected chi connectivity index (χ3v) is 21.1. The Morgan fingerprint density at radius 1 is 0.854 bits per heavy atom. The Kier molecular flexibility index (Phi) is 28.7. The van der Waals surface area contributed by atoms with E-state index in [0.29, 0.717) is 82.7 Å². The molecule has 550 valence electrons. The van der Waals surface area contributed by atoms with Gasteiger partial charge in [-0.1, -0.05) is 85.7 Å². The number of rotatable bonds is 40. The highest BCUT2D eigenvalue weighted by Crippen LogP contribution is 2.66. The number of benzene rings is 4. The Balaban J connectivity index is 0.680. The van der Waals surface area contributed by atoms with E-state index in [2.05, 4.69) is 67.1 Å². The number of anilines is 2. The number of phosphoric ester groups is 1. The average molecular weight is 1500 g/mol. The van der Waals surface area contributed by atoms with Crippen LogP contribution in [0.4, 0.5) is 11.5 Å². The van der Waals surface area contributed by atoms with Gasteiger partial charge in [0.1, 0.15) is 65.8 Å². The molecule has 4 unspecified atom stereocenters. The zero-order chi connectivity index (χ0) is 73.7. The Morgan fingerprint density at radius 3 is 2.39 bits per heavy atom. The van der Waals surface area contributed by atoms with Crippen molar-refractivity contribution < 1.29 is 98.4 Å². The van der Waals surface area contributed by atoms with Crippen molar-refractivity contribution in [3.05, 3.63) is 160 Å². The number of hydrogen-bond donors (Lipinski definition) is 7. The van der Waals surface area contributed by atoms with Crippen LogP contribution in [0, 0.1) is 11.8 Å². The second-order valence-electron chi connectivity index (χ2n) is 23.7. The minimum atomic E-state index is -5.83. The van der Waals surface area contributed by atoms with Gasteiger partial charge < -0.3 is 73.7 Å². The van der Waals surface area contributed by atoms with E-state index in [1.807, 2.05) is 42.5 Å². The Morgan fingerprint density at radius 2 is 1.61 bits per heavy atom. The van der Waals surface area contributed by atoms with Crippen LogP contribution in [0.25, 0.3) is 42.9 Å². The number of unbranched alkanes of at least 4 members (excludes halogenated alkanes) is 4. The molecule has 6 atom stereocenters. The zero-order valence-corrected chi connectivity index (χ0v) is 59.8. The van der Waals surface area contributed by atoms with Crippen LogP contribution < -0.4 is 37.3 Å². The number of aromatic nitrogens is 3. The number of aryl methyl sites for hydroxylation is 1. The number of nitrogens with one attached hydrogen (secondary N) is 2. The van der Waals surface area contributed by atoms with Crippen LogP contribution in [-0.2, 0) is 66.5 Å². The Labute approximate surface area is 595 Å². The predicted octanol–water partition coefficient (Wildman–Crippen LogP) is 9.61. The quantitative estimate of drug-likeness (QED) is 0.00357. The molecular formula is C69H80N7O23P3S. The topological polar surface area (TPSA) is 415 Å². The first-order valence-corrected chi connectivity index (χ1v) is 38.4. The highest BCUT2D eigenvalue weighted by molar-refractivity contribution is 7.66. The first-order chi connectivity index (χ1) is 49.4. The van der Waals surface area contributed by atoms with Crippen molar-refractivity contribution in [2.45, 2.75) is 109 Å². The number of nitrogen functional groups attached to an aromatic ring is 1. The Hall–Kier alpha value is -8.21. The van der Waals surface area contributed by atoms with E-state index in [0.717, 1.165) is 76.6 Å². The third kappa shape index (κ3) is 22.9. The molecule has 0 saturated carbocycles. The maximum atomic E-state index is 14.2. The lowest BCUT2D eigenvalue weighted by molar-refractivity contribution is -0.162. The standard InChI is InChI=1S/C69H80N7O23P3S/c1-4-34-90-44-94-57-39-61(96-58(57)41-95-101(86,87)99-102(88,89)98-100(83,84)85)76-40-47(65(70)74-69(76)82)21-17-31-71-60(79)42-93-62(91-35-5-2)43-92-49-25-16-20-46(36-49)55(78)29-11-9-7-8-10-23-48(77)24-18-32-72-66(80)51-27-13-12-26-50(51)63-52-37-45-22-19-33-75(6-3)54(45)38-56(52)97-68(81)64(63)67-73-53-28-14-15-30-59(53)103-67/h4-5,12-16,20,25-28,30,36-38,40,57-58,61-62H,1-2,6-11,18-19,22-24,29,31-35,39,41-44H2,3H3,(H,71,79)(H,72,80)(H,86,87)(H,88,89)(H2,70,74,82)(H2,83,84,85)/t57?,58-,61-,62?/m1/s1. The van der Waals surface area contributed by atoms with Gasteiger partial charge in [0, 0.05) is 85.3 Å². The van der Waals surface area contributed by atoms with Gasteiger partial charge in [0.15, 0.2) is 12.1 Å². The van der Waals surface area contributed by atoms with Crippen LogP contribution >= 0.6 is 34.8 Å². The summed E-state index contributed by atoms with van der Waals surface area (Å²) in [7, 11) is -17.1. The van der Waals surface area contributed by atoms with Gasteiger partial charge in [-0.3, -0.25) is 28.3 Å². The minimum absolute atomic E-state index is 0.0163. The molecule has 0 bridgehead atoms. The van der Waals surface area contributed by atoms with Gasteiger partial charge in [-0.25, -0.2) is 28.3 Å². The number of carbonyl (C=O) groups is 4. The van der Waals surface area contributed by atoms with Crippen LogP contribution in [0.3, 0.4) is 0 Å². The number of nitrogens with zero attached hydrogens (tertiary/aromatic N) is 4. The third-order valence-electron chi connectivity index (χ3n) is 16.3. The lowest BCUT2D eigenvalue weighted by Gasteiger charge is -2.30. The number of Topliss-reactive ketones (excluding diaryl/α,β-unsaturated/α-hetero) is 2. The van der Waals surface area contributed by atoms with Gasteiger partial charge in [-0.15, -0.1) is 24.5 Å². The molecule has 8 N–H and O–H groups in total. The molecule has 34 heteroatoms. The van der Waals surface area contributed by atoms with E-state index in [4.69, 9.17) is 57.9 Å². The number of nitrogens with two attached hydrogens (primary N) is 1. The molecule has 7 aromatic rings. The van der Waals surface area contributed by atoms with Crippen LogP contribution in [-0.4, -0.2) is 142 Å². The molecule has 1 fully saturated rings. The molecule has 2 aliphatic rings. The summed E-state index contributed by atoms with van der Waals surface area (Å²) < 4.78 is 89.7. The van der Waals surface area contributed by atoms with Gasteiger partial charge in [0.25, 0.3) is 5.91 Å². The molecule has 1 saturated heterocycles. The van der Waals surface area contributed by atoms with Gasteiger partial charge in [0.05, 0.1) is 48.2 Å². The van der Waals surface area contributed by atoms with Gasteiger partial charge in [-0.2, -0.15) is 13.6 Å². The summed E-state index contributed by atoms with van der Waals surface area (Å²) in [4.78, 5) is 129. The zero-order valence-electron chi connectivity index (χ0n) is 56.3. The number of amides is 2. The number of thiazole rings is 1. The molecular weight excluding hydrogens is 1420 g/mol. The fourth-order valence-electron chi connectivity index (χ4n) is 11.5. The number of ketones is 2. The molecule has 0 spiro atoms. The summed E-state index contributed by atoms with van der Waals surface area (Å²) in [5.74, 6) is 4.57. The predicted molar refractivity (Wildman–Crippen MR) is 381 cm³/mol. The van der Waals surface area contributed by atoms with Crippen molar-refractivity contribution in [3.63, 3.8) is 0 Å². The summed E-state index contributed by atoms with van der Waals surface area (Å²) in [5, 5.41) is 6.81. The van der Waals surface area contributed by atoms with Crippen LogP contribution in [0.1, 0.15) is 116 Å². The van der Waals surface area contributed by atoms with Crippen molar-refractivity contribution >= 4 is 90.9 Å². The van der Waals surface area contributed by atoms with Crippen molar-refractivity contribution in [2.24, 2.45) is 0 Å². The molecule has 0 radical (unpaired) electrons. The van der Waals surface area contributed by atoms with E-state index < -0.39 is 78.6 Å². The lowest BCUT2D eigenvalue weighted by Crippen LogP contribution is -2.33. The molecule has 0 aliphatic carbocycles. The number of carbonyl (C=O) groups excluding carboxylic acids is 4. The second kappa shape index (κ2) is 37.5. The molecule has 2 amide bonds. The first kappa shape index (κ1) is 78.9. The maximum absolute atomic E-state index is 14.2. The number of phosphoric acid groups is 3. The molecule has 5 heterocycles. The van der Waals surface area contributed by atoms with Crippen molar-refractivity contribution in [2.75, 3.05) is 76.6 Å². The fourth-order valence-corrected chi connectivity index (χ4v) is 15.5. The normalized spacial score (nSPS) is 16.6. The van der Waals surface area contributed by atoms with Crippen molar-refractivity contribution in [1.82, 2.24) is 25.2 Å². The van der Waals surface area contributed by atoms with E-state index >= 15 is 0 Å². The smallest absolute Gasteiger partial charge is 0.488 e. The van der Waals surface area contributed by atoms with Crippen molar-refractivity contribution in [1.29, 1.82) is 0 Å². The van der Waals surface area contributed by atoms with E-state index in [9.17, 15) is 52.2 Å². The summed E-state index contributed by atoms with van der Waals surface area (Å²) in [6, 6.07) is 25.6. The molecule has 30 nitrogen and oxygen atoms in total. The van der Waals surface area contributed by atoms with Gasteiger partial charge in [0.2, 0.25) is 5.91 Å². The highest BCUT2D eigenvalue weighted by Gasteiger charge is 2.44. The average Bonchev–Trinajstić information content (AvgIpc) is 1.63. The molecule has 4 aromatic carbocycles. The van der Waals surface area contributed by atoms with E-state index in [-0.39, 0.29) is 75.0 Å². The van der Waals surface area contributed by atoms with Crippen LogP contribution in [0.15, 0.2) is 130 Å². The van der Waals surface area contributed by atoms with E-state index in [1.165, 1.54) is 29.7 Å². The lowest BCUT2D eigenvalue weighted by atomic mass is 9.90. The van der Waals surface area contributed by atoms with E-state index in [1.54, 1.807) is 36.4 Å². The second-order valence-corrected chi connectivity index (χ2v) is 29.1. The maximum Gasteiger partial charge on any atom is 0.490 e. The monoisotopic (exact) mass is 1500 g/mol. The van der Waals surface area contributed by atoms with Crippen LogP contribution in [0.5, 0.6) is 5.75 Å². The summed E-state index contributed by atoms with van der Waals surface area (Å²) in [6.45, 7) is 9.21. The minimum Gasteiger partial charge on any atom is -0.488 e. The molecule has 9 rings (SSSR count). The number of fused-ring (bicyclic) bond motifs is 3. The largest absolute Gasteiger partial charge is 0.490 e. The Bertz CT molecular complexity index is 4520. The number of hydrogen-bond acceptors (Lipinski definition) is 24. The number of para-hydroxylation sites is 1. The molecule has 2 aliphatic heterocycles.